The second kappa shape index (κ2) is 6.30. The van der Waals surface area contributed by atoms with Crippen LogP contribution in [0, 0.1) is 26.2 Å². The molecule has 0 bridgehead atoms. The molecule has 1 aromatic carbocycles. The van der Waals surface area contributed by atoms with Gasteiger partial charge in [-0.05, 0) is 62.6 Å². The van der Waals surface area contributed by atoms with E-state index in [2.05, 4.69) is 52.1 Å². The van der Waals surface area contributed by atoms with E-state index in [1.165, 1.54) is 54.4 Å². The van der Waals surface area contributed by atoms with Gasteiger partial charge in [0.25, 0.3) is 0 Å². The first kappa shape index (κ1) is 15.6. The maximum Gasteiger partial charge on any atom is 0.0297 e. The van der Waals surface area contributed by atoms with Gasteiger partial charge in [0.1, 0.15) is 0 Å². The third kappa shape index (κ3) is 3.63. The fraction of sp³-hybridized carbons (Fsp3) is 0.684. The van der Waals surface area contributed by atoms with E-state index in [1.807, 2.05) is 0 Å². The van der Waals surface area contributed by atoms with Gasteiger partial charge in [0.15, 0.2) is 0 Å². The van der Waals surface area contributed by atoms with E-state index in [1.54, 1.807) is 0 Å². The van der Waals surface area contributed by atoms with Crippen molar-refractivity contribution in [3.63, 3.8) is 0 Å². The Balaban J connectivity index is 2.03. The Morgan fingerprint density at radius 1 is 1.05 bits per heavy atom. The van der Waals surface area contributed by atoms with E-state index in [4.69, 9.17) is 0 Å². The molecule has 1 fully saturated rings. The summed E-state index contributed by atoms with van der Waals surface area (Å²) in [5, 5.41) is 3.81. The van der Waals surface area contributed by atoms with Gasteiger partial charge in [-0.2, -0.15) is 0 Å². The molecule has 0 aromatic heterocycles. The van der Waals surface area contributed by atoms with E-state index in [0.717, 1.165) is 6.54 Å². The van der Waals surface area contributed by atoms with Crippen LogP contribution >= 0.6 is 0 Å². The topological polar surface area (TPSA) is 12.0 Å². The first-order chi connectivity index (χ1) is 9.41. The normalized spacial score (nSPS) is 19.9. The van der Waals surface area contributed by atoms with Crippen molar-refractivity contribution in [2.24, 2.45) is 5.41 Å². The highest BCUT2D eigenvalue weighted by Gasteiger charge is 2.27. The molecule has 0 radical (unpaired) electrons. The van der Waals surface area contributed by atoms with Crippen molar-refractivity contribution in [2.45, 2.75) is 72.8 Å². The highest BCUT2D eigenvalue weighted by atomic mass is 14.9. The van der Waals surface area contributed by atoms with Gasteiger partial charge in [-0.25, -0.2) is 0 Å². The predicted octanol–water partition coefficient (Wildman–Crippen LogP) is 5.23. The molecule has 0 aliphatic heterocycles. The van der Waals surface area contributed by atoms with Crippen LogP contribution in [-0.2, 0) is 0 Å². The van der Waals surface area contributed by atoms with Gasteiger partial charge in [-0.15, -0.1) is 0 Å². The Labute approximate surface area is 125 Å². The number of aryl methyl sites for hydroxylation is 3. The highest BCUT2D eigenvalue weighted by molar-refractivity contribution is 5.39. The Morgan fingerprint density at radius 2 is 1.60 bits per heavy atom. The average Bonchev–Trinajstić information content (AvgIpc) is 2.36. The molecule has 20 heavy (non-hydrogen) atoms. The summed E-state index contributed by atoms with van der Waals surface area (Å²) in [7, 11) is 0. The Morgan fingerprint density at radius 3 is 2.15 bits per heavy atom. The fourth-order valence-electron chi connectivity index (χ4n) is 3.96. The molecule has 1 unspecified atom stereocenters. The maximum absolute atomic E-state index is 3.81. The van der Waals surface area contributed by atoms with Crippen molar-refractivity contribution in [3.8, 4) is 0 Å². The molecular weight excluding hydrogens is 242 g/mol. The maximum atomic E-state index is 3.81. The van der Waals surface area contributed by atoms with Crippen LogP contribution in [-0.4, -0.2) is 6.54 Å². The summed E-state index contributed by atoms with van der Waals surface area (Å²) in [5.41, 5.74) is 6.23. The number of hydrogen-bond acceptors (Lipinski definition) is 1. The Bertz CT molecular complexity index is 432. The summed E-state index contributed by atoms with van der Waals surface area (Å²) < 4.78 is 0. The minimum atomic E-state index is 0.453. The molecule has 1 atom stereocenters. The minimum Gasteiger partial charge on any atom is -0.310 e. The lowest BCUT2D eigenvalue weighted by Gasteiger charge is -2.35. The molecule has 0 spiro atoms. The van der Waals surface area contributed by atoms with Crippen molar-refractivity contribution in [2.75, 3.05) is 6.54 Å². The molecule has 1 nitrogen and oxygen atoms in total. The lowest BCUT2D eigenvalue weighted by atomic mass is 9.75. The van der Waals surface area contributed by atoms with Crippen LogP contribution in [0.15, 0.2) is 12.1 Å². The molecule has 1 aliphatic carbocycles. The van der Waals surface area contributed by atoms with Gasteiger partial charge in [0.05, 0.1) is 0 Å². The summed E-state index contributed by atoms with van der Waals surface area (Å²) in [5.74, 6) is 0. The molecule has 0 amide bonds. The van der Waals surface area contributed by atoms with Crippen LogP contribution in [0.4, 0.5) is 0 Å². The van der Waals surface area contributed by atoms with Crippen molar-refractivity contribution >= 4 is 0 Å². The van der Waals surface area contributed by atoms with Crippen LogP contribution < -0.4 is 5.32 Å². The van der Waals surface area contributed by atoms with Gasteiger partial charge >= 0.3 is 0 Å². The Kier molecular flexibility index (Phi) is 4.90. The third-order valence-corrected chi connectivity index (χ3v) is 5.07. The minimum absolute atomic E-state index is 0.453. The molecule has 1 saturated carbocycles. The van der Waals surface area contributed by atoms with Gasteiger partial charge in [0.2, 0.25) is 0 Å². The van der Waals surface area contributed by atoms with Crippen molar-refractivity contribution in [1.29, 1.82) is 0 Å². The van der Waals surface area contributed by atoms with Crippen molar-refractivity contribution < 1.29 is 0 Å². The number of nitrogens with one attached hydrogen (secondary N) is 1. The number of rotatable bonds is 4. The second-order valence-corrected chi connectivity index (χ2v) is 7.29. The Hall–Kier alpha value is -0.820. The van der Waals surface area contributed by atoms with E-state index >= 15 is 0 Å². The van der Waals surface area contributed by atoms with Crippen LogP contribution in [0.3, 0.4) is 0 Å². The molecule has 1 aromatic rings. The number of hydrogen-bond donors (Lipinski definition) is 1. The lowest BCUT2D eigenvalue weighted by molar-refractivity contribution is 0.202. The molecule has 1 N–H and O–H groups in total. The zero-order valence-electron chi connectivity index (χ0n) is 14.0. The van der Waals surface area contributed by atoms with Crippen molar-refractivity contribution in [3.05, 3.63) is 34.4 Å². The first-order valence-electron chi connectivity index (χ1n) is 8.22. The van der Waals surface area contributed by atoms with E-state index in [-0.39, 0.29) is 0 Å². The molecule has 112 valence electrons. The van der Waals surface area contributed by atoms with Crippen molar-refractivity contribution in [1.82, 2.24) is 5.32 Å². The van der Waals surface area contributed by atoms with E-state index in [0.29, 0.717) is 11.5 Å². The lowest BCUT2D eigenvalue weighted by Crippen LogP contribution is -2.35. The second-order valence-electron chi connectivity index (χ2n) is 7.29. The zero-order chi connectivity index (χ0) is 14.8. The summed E-state index contributed by atoms with van der Waals surface area (Å²) >= 11 is 0. The summed E-state index contributed by atoms with van der Waals surface area (Å²) in [6.07, 6.45) is 7.03. The van der Waals surface area contributed by atoms with Gasteiger partial charge in [-0.3, -0.25) is 0 Å². The molecule has 2 rings (SSSR count). The van der Waals surface area contributed by atoms with Gasteiger partial charge in [-0.1, -0.05) is 43.9 Å². The zero-order valence-corrected chi connectivity index (χ0v) is 14.0. The average molecular weight is 273 g/mol. The van der Waals surface area contributed by atoms with E-state index in [9.17, 15) is 0 Å². The quantitative estimate of drug-likeness (QED) is 0.791. The first-order valence-corrected chi connectivity index (χ1v) is 8.22. The molecule has 1 heteroatoms. The monoisotopic (exact) mass is 273 g/mol. The van der Waals surface area contributed by atoms with Gasteiger partial charge in [0, 0.05) is 12.6 Å². The largest absolute Gasteiger partial charge is 0.310 e. The predicted molar refractivity (Wildman–Crippen MR) is 88.3 cm³/mol. The summed E-state index contributed by atoms with van der Waals surface area (Å²) in [6.45, 7) is 12.6. The van der Waals surface area contributed by atoms with Crippen LogP contribution in [0.2, 0.25) is 0 Å². The SMILES string of the molecule is Cc1cc(C)c(C(C)NCC2(C)CCCCC2)c(C)c1. The molecule has 1 aliphatic rings. The van der Waals surface area contributed by atoms with Crippen LogP contribution in [0.1, 0.15) is 74.2 Å². The molecule has 0 saturated heterocycles. The highest BCUT2D eigenvalue weighted by Crippen LogP contribution is 2.35. The molecule has 0 heterocycles. The van der Waals surface area contributed by atoms with Crippen LogP contribution in [0.25, 0.3) is 0 Å². The fourth-order valence-corrected chi connectivity index (χ4v) is 3.96. The van der Waals surface area contributed by atoms with Gasteiger partial charge < -0.3 is 5.32 Å². The van der Waals surface area contributed by atoms with E-state index < -0.39 is 0 Å². The smallest absolute Gasteiger partial charge is 0.0297 e. The summed E-state index contributed by atoms with van der Waals surface area (Å²) in [4.78, 5) is 0. The standard InChI is InChI=1S/C19H31N/c1-14-11-15(2)18(16(3)12-14)17(4)20-13-19(5)9-7-6-8-10-19/h11-12,17,20H,6-10,13H2,1-5H3. The number of benzene rings is 1. The van der Waals surface area contributed by atoms with Crippen LogP contribution in [0.5, 0.6) is 0 Å². The summed E-state index contributed by atoms with van der Waals surface area (Å²) in [6, 6.07) is 5.07. The third-order valence-electron chi connectivity index (χ3n) is 5.07. The molecular formula is C19H31N.